The molecule has 0 unspecified atom stereocenters. The Kier molecular flexibility index (Phi) is 6.32. The molecule has 3 nitrogen and oxygen atoms in total. The number of nitrogens with one attached hydrogen (secondary N) is 1. The van der Waals surface area contributed by atoms with Gasteiger partial charge in [0.2, 0.25) is 0 Å². The zero-order chi connectivity index (χ0) is 11.6. The molecule has 1 aliphatic carbocycles. The van der Waals surface area contributed by atoms with E-state index in [0.717, 1.165) is 0 Å². The maximum absolute atomic E-state index is 11.0. The van der Waals surface area contributed by atoms with E-state index in [4.69, 9.17) is 5.14 Å². The summed E-state index contributed by atoms with van der Waals surface area (Å²) in [5, 5.41) is 6.96. The molecule has 0 spiro atoms. The van der Waals surface area contributed by atoms with Gasteiger partial charge in [-0.25, -0.2) is 8.42 Å². The van der Waals surface area contributed by atoms with E-state index in [0.29, 0.717) is 5.92 Å². The molecule has 5 heteroatoms. The summed E-state index contributed by atoms with van der Waals surface area (Å²) >= 11 is 0. The van der Waals surface area contributed by atoms with Crippen molar-refractivity contribution in [2.45, 2.75) is 42.9 Å². The van der Waals surface area contributed by atoms with Crippen LogP contribution >= 0.6 is 0 Å². The van der Waals surface area contributed by atoms with Gasteiger partial charge in [0.25, 0.3) is 0 Å². The number of hydrogen-bond donors (Lipinski definition) is 0. The minimum atomic E-state index is -3.80. The minimum Gasteiger partial charge on any atom is -0.560 e. The van der Waals surface area contributed by atoms with Crippen LogP contribution in [0.1, 0.15) is 43.6 Å². The van der Waals surface area contributed by atoms with Crippen molar-refractivity contribution in [3.05, 3.63) is 35.0 Å². The zero-order valence-electron chi connectivity index (χ0n) is 10.1. The molecular weight excluding hydrogens is 261 g/mol. The maximum Gasteiger partial charge on any atom is 1.00 e. The predicted octanol–water partition coefficient (Wildman–Crippen LogP) is 0.479. The van der Waals surface area contributed by atoms with E-state index >= 15 is 0 Å². The Balaban J connectivity index is 0.00000144. The van der Waals surface area contributed by atoms with Gasteiger partial charge in [0.15, 0.2) is 0 Å². The van der Waals surface area contributed by atoms with E-state index in [2.05, 4.69) is 0 Å². The second kappa shape index (κ2) is 6.79. The standard InChI is InChI=1S/C12H16NO2S.K/c13-16(14,15)12-8-6-11(7-9-12)10-4-2-1-3-5-10;/h6-10H,1-5H2,(H-,13,14,15);/q-1;+1. The van der Waals surface area contributed by atoms with Crippen LogP contribution in [0.2, 0.25) is 0 Å². The molecule has 0 radical (unpaired) electrons. The molecule has 1 aromatic carbocycles. The number of sulfonamides is 1. The van der Waals surface area contributed by atoms with E-state index in [1.165, 1.54) is 37.7 Å². The molecule has 88 valence electrons. The molecule has 0 aliphatic heterocycles. The molecule has 0 amide bonds. The molecule has 0 atom stereocenters. The Morgan fingerprint density at radius 3 is 2.00 bits per heavy atom. The number of rotatable bonds is 2. The second-order valence-corrected chi connectivity index (χ2v) is 5.89. The quantitative estimate of drug-likeness (QED) is 0.738. The van der Waals surface area contributed by atoms with E-state index in [1.807, 2.05) is 12.1 Å². The summed E-state index contributed by atoms with van der Waals surface area (Å²) in [5.74, 6) is 0.580. The second-order valence-electron chi connectivity index (χ2n) is 4.41. The van der Waals surface area contributed by atoms with Crippen LogP contribution in [-0.4, -0.2) is 8.42 Å². The average Bonchev–Trinajstić information content (AvgIpc) is 2.29. The van der Waals surface area contributed by atoms with Gasteiger partial charge in [0, 0.05) is 4.90 Å². The summed E-state index contributed by atoms with van der Waals surface area (Å²) in [6.45, 7) is 0. The minimum absolute atomic E-state index is 0. The smallest absolute Gasteiger partial charge is 0.560 e. The Morgan fingerprint density at radius 1 is 1.00 bits per heavy atom. The molecule has 17 heavy (non-hydrogen) atoms. The third-order valence-electron chi connectivity index (χ3n) is 3.27. The molecule has 0 heterocycles. The first kappa shape index (κ1) is 15.8. The zero-order valence-corrected chi connectivity index (χ0v) is 14.1. The molecule has 0 saturated heterocycles. The topological polar surface area (TPSA) is 57.9 Å². The van der Waals surface area contributed by atoms with Crippen molar-refractivity contribution < 1.29 is 59.8 Å². The SMILES string of the molecule is [K+].[NH-]S(=O)(=O)c1ccc(C2CCCCC2)cc1. The van der Waals surface area contributed by atoms with Crippen molar-refractivity contribution in [2.24, 2.45) is 0 Å². The summed E-state index contributed by atoms with van der Waals surface area (Å²) in [5.41, 5.74) is 1.21. The van der Waals surface area contributed by atoms with Gasteiger partial charge in [-0.05, 0) is 36.5 Å². The largest absolute Gasteiger partial charge is 1.00 e. The summed E-state index contributed by atoms with van der Waals surface area (Å²) in [7, 11) is -3.80. The Morgan fingerprint density at radius 2 is 1.53 bits per heavy atom. The van der Waals surface area contributed by atoms with Crippen LogP contribution in [0.25, 0.3) is 5.14 Å². The van der Waals surface area contributed by atoms with Crippen molar-refractivity contribution in [2.75, 3.05) is 0 Å². The van der Waals surface area contributed by atoms with Gasteiger partial charge in [0.1, 0.15) is 0 Å². The fourth-order valence-electron chi connectivity index (χ4n) is 2.36. The van der Waals surface area contributed by atoms with E-state index < -0.39 is 10.0 Å². The third-order valence-corrected chi connectivity index (χ3v) is 4.16. The van der Waals surface area contributed by atoms with Crippen molar-refractivity contribution in [1.82, 2.24) is 0 Å². The summed E-state index contributed by atoms with van der Waals surface area (Å²) in [4.78, 5) is 0.0899. The van der Waals surface area contributed by atoms with Crippen LogP contribution in [0, 0.1) is 0 Å². The van der Waals surface area contributed by atoms with Crippen LogP contribution in [-0.2, 0) is 10.0 Å². The summed E-state index contributed by atoms with van der Waals surface area (Å²) in [6, 6.07) is 6.81. The fourth-order valence-corrected chi connectivity index (χ4v) is 2.85. The number of benzene rings is 1. The van der Waals surface area contributed by atoms with E-state index in [1.54, 1.807) is 12.1 Å². The van der Waals surface area contributed by atoms with Crippen LogP contribution in [0.15, 0.2) is 29.2 Å². The fraction of sp³-hybridized carbons (Fsp3) is 0.500. The van der Waals surface area contributed by atoms with Gasteiger partial charge in [-0.2, -0.15) is 0 Å². The molecule has 1 fully saturated rings. The van der Waals surface area contributed by atoms with Crippen LogP contribution in [0.3, 0.4) is 0 Å². The van der Waals surface area contributed by atoms with Crippen molar-refractivity contribution in [3.8, 4) is 0 Å². The van der Waals surface area contributed by atoms with E-state index in [9.17, 15) is 8.42 Å². The molecule has 2 rings (SSSR count). The van der Waals surface area contributed by atoms with Gasteiger partial charge in [-0.3, -0.25) is 0 Å². The third kappa shape index (κ3) is 4.42. The van der Waals surface area contributed by atoms with Gasteiger partial charge in [-0.15, -0.1) is 0 Å². The predicted molar refractivity (Wildman–Crippen MR) is 63.8 cm³/mol. The summed E-state index contributed by atoms with van der Waals surface area (Å²) in [6.07, 6.45) is 6.25. The molecule has 0 aromatic heterocycles. The van der Waals surface area contributed by atoms with Crippen molar-refractivity contribution in [1.29, 1.82) is 0 Å². The molecule has 1 saturated carbocycles. The Labute approximate surface area is 146 Å². The van der Waals surface area contributed by atoms with Gasteiger partial charge in [0.05, 0.1) is 10.0 Å². The van der Waals surface area contributed by atoms with Crippen LogP contribution < -0.4 is 51.4 Å². The summed E-state index contributed by atoms with van der Waals surface area (Å²) < 4.78 is 22.0. The van der Waals surface area contributed by atoms with Crippen molar-refractivity contribution >= 4 is 10.0 Å². The molecule has 1 aliphatic rings. The molecule has 0 bridgehead atoms. The Hall–Kier alpha value is 0.766. The monoisotopic (exact) mass is 277 g/mol. The van der Waals surface area contributed by atoms with Crippen LogP contribution in [0.5, 0.6) is 0 Å². The first-order valence-electron chi connectivity index (χ1n) is 5.67. The van der Waals surface area contributed by atoms with Crippen LogP contribution in [0.4, 0.5) is 0 Å². The molecule has 1 N–H and O–H groups in total. The maximum atomic E-state index is 11.0. The van der Waals surface area contributed by atoms with E-state index in [-0.39, 0.29) is 56.3 Å². The van der Waals surface area contributed by atoms with Gasteiger partial charge >= 0.3 is 51.4 Å². The Bertz CT molecular complexity index is 450. The average molecular weight is 277 g/mol. The normalized spacial score (nSPS) is 17.5. The van der Waals surface area contributed by atoms with Gasteiger partial charge < -0.3 is 5.14 Å². The first-order chi connectivity index (χ1) is 7.57. The van der Waals surface area contributed by atoms with Gasteiger partial charge in [-0.1, -0.05) is 31.4 Å². The molecule has 1 aromatic rings. The van der Waals surface area contributed by atoms with Crippen molar-refractivity contribution in [3.63, 3.8) is 0 Å². The molecular formula is C12H16KNO2S. The number of hydrogen-bond acceptors (Lipinski definition) is 2. The first-order valence-corrected chi connectivity index (χ1v) is 7.15.